The van der Waals surface area contributed by atoms with E-state index < -0.39 is 11.7 Å². The highest BCUT2D eigenvalue weighted by atomic mass is 19.4. The zero-order chi connectivity index (χ0) is 23.9. The van der Waals surface area contributed by atoms with Crippen molar-refractivity contribution in [1.29, 1.82) is 0 Å². The van der Waals surface area contributed by atoms with Crippen LogP contribution < -0.4 is 0 Å². The Morgan fingerprint density at radius 2 is 1.91 bits per heavy atom. The number of nitrogens with zero attached hydrogens (tertiary/aromatic N) is 3. The number of hydrogen-bond donors (Lipinski definition) is 1. The Hall–Kier alpha value is -3.39. The lowest BCUT2D eigenvalue weighted by Crippen LogP contribution is -2.37. The van der Waals surface area contributed by atoms with Crippen molar-refractivity contribution in [2.24, 2.45) is 0 Å². The van der Waals surface area contributed by atoms with Crippen LogP contribution in [-0.2, 0) is 12.6 Å². The smallest absolute Gasteiger partial charge is 0.349 e. The van der Waals surface area contributed by atoms with E-state index in [4.69, 9.17) is 0 Å². The van der Waals surface area contributed by atoms with Crippen LogP contribution in [0.25, 0.3) is 22.2 Å². The Bertz CT molecular complexity index is 1320. The number of halogens is 4. The van der Waals surface area contributed by atoms with Gasteiger partial charge in [0.25, 0.3) is 0 Å². The van der Waals surface area contributed by atoms with E-state index in [0.29, 0.717) is 23.1 Å². The van der Waals surface area contributed by atoms with Crippen LogP contribution >= 0.6 is 0 Å². The molecule has 34 heavy (non-hydrogen) atoms. The van der Waals surface area contributed by atoms with Crippen molar-refractivity contribution < 1.29 is 17.6 Å². The van der Waals surface area contributed by atoms with Crippen LogP contribution in [0.2, 0.25) is 0 Å². The predicted molar refractivity (Wildman–Crippen MR) is 124 cm³/mol. The van der Waals surface area contributed by atoms with Crippen molar-refractivity contribution in [1.82, 2.24) is 19.4 Å². The third-order valence-corrected chi connectivity index (χ3v) is 6.49. The normalized spacial score (nSPS) is 16.1. The van der Waals surface area contributed by atoms with Gasteiger partial charge in [-0.1, -0.05) is 6.08 Å². The Labute approximate surface area is 194 Å². The molecule has 3 heterocycles. The summed E-state index contributed by atoms with van der Waals surface area (Å²) in [4.78, 5) is 9.77. The van der Waals surface area contributed by atoms with E-state index in [1.807, 2.05) is 17.0 Å². The van der Waals surface area contributed by atoms with Gasteiger partial charge in [-0.15, -0.1) is 0 Å². The van der Waals surface area contributed by atoms with Crippen LogP contribution in [0.3, 0.4) is 0 Å². The van der Waals surface area contributed by atoms with Gasteiger partial charge in [0.05, 0.1) is 11.1 Å². The molecule has 2 aromatic carbocycles. The van der Waals surface area contributed by atoms with Gasteiger partial charge < -0.3 is 9.55 Å². The van der Waals surface area contributed by atoms with Crippen LogP contribution in [0.5, 0.6) is 0 Å². The van der Waals surface area contributed by atoms with Crippen LogP contribution in [0.4, 0.5) is 17.6 Å². The molecule has 0 fully saturated rings. The van der Waals surface area contributed by atoms with Crippen LogP contribution in [0, 0.1) is 5.82 Å². The first-order valence-electron chi connectivity index (χ1n) is 11.2. The molecular weight excluding hydrogens is 444 g/mol. The molecular formula is C26H24F4N4. The maximum atomic E-state index is 13.5. The number of alkyl halides is 3. The molecule has 176 valence electrons. The molecule has 1 N–H and O–H groups in total. The molecule has 0 amide bonds. The fraction of sp³-hybridized carbons (Fsp3) is 0.269. The van der Waals surface area contributed by atoms with Gasteiger partial charge in [-0.25, -0.2) is 9.37 Å². The van der Waals surface area contributed by atoms with Gasteiger partial charge in [0.15, 0.2) is 0 Å². The summed E-state index contributed by atoms with van der Waals surface area (Å²) >= 11 is 0. The molecule has 0 saturated carbocycles. The van der Waals surface area contributed by atoms with E-state index in [-0.39, 0.29) is 11.9 Å². The van der Waals surface area contributed by atoms with E-state index in [2.05, 4.69) is 27.9 Å². The van der Waals surface area contributed by atoms with Gasteiger partial charge in [0, 0.05) is 60.8 Å². The molecule has 2 aromatic heterocycles. The molecule has 1 atom stereocenters. The van der Waals surface area contributed by atoms with Gasteiger partial charge in [-0.2, -0.15) is 13.2 Å². The second-order valence-electron chi connectivity index (χ2n) is 8.68. The summed E-state index contributed by atoms with van der Waals surface area (Å²) in [5.41, 5.74) is 2.48. The maximum Gasteiger partial charge on any atom is 0.416 e. The summed E-state index contributed by atoms with van der Waals surface area (Å²) in [7, 11) is 0. The minimum Gasteiger partial charge on any atom is -0.349 e. The Balaban J connectivity index is 1.50. The Morgan fingerprint density at radius 1 is 1.12 bits per heavy atom. The number of hydrogen-bond acceptors (Lipinski definition) is 2. The van der Waals surface area contributed by atoms with Crippen LogP contribution in [0.15, 0.2) is 67.1 Å². The van der Waals surface area contributed by atoms with Crippen LogP contribution in [-0.4, -0.2) is 38.6 Å². The summed E-state index contributed by atoms with van der Waals surface area (Å²) in [6.45, 7) is 3.66. The standard InChI is InChI=1S/C26H24F4N4/c1-17(14-25-31-10-11-32-25)33-12-8-18(9-13-33)23-16-34(21-5-3-20(27)4-6-21)24-7-2-19(15-22(23)24)26(28,29)30/h2-8,10-11,15-17H,9,12-14H2,1H3,(H,31,32). The number of fused-ring (bicyclic) bond motifs is 1. The maximum absolute atomic E-state index is 13.5. The molecule has 1 unspecified atom stereocenters. The van der Waals surface area contributed by atoms with Crippen molar-refractivity contribution in [2.45, 2.75) is 32.0 Å². The zero-order valence-electron chi connectivity index (χ0n) is 18.6. The molecule has 0 spiro atoms. The fourth-order valence-electron chi connectivity index (χ4n) is 4.63. The van der Waals surface area contributed by atoms with Crippen molar-refractivity contribution in [3.63, 3.8) is 0 Å². The largest absolute Gasteiger partial charge is 0.416 e. The van der Waals surface area contributed by atoms with Crippen LogP contribution in [0.1, 0.15) is 30.3 Å². The minimum absolute atomic E-state index is 0.279. The number of nitrogens with one attached hydrogen (secondary N) is 1. The molecule has 5 rings (SSSR count). The number of aromatic amines is 1. The monoisotopic (exact) mass is 468 g/mol. The van der Waals surface area contributed by atoms with E-state index in [9.17, 15) is 17.6 Å². The highest BCUT2D eigenvalue weighted by Crippen LogP contribution is 2.37. The predicted octanol–water partition coefficient (Wildman–Crippen LogP) is 6.23. The van der Waals surface area contributed by atoms with Gasteiger partial charge in [-0.3, -0.25) is 4.90 Å². The fourth-order valence-corrected chi connectivity index (χ4v) is 4.63. The summed E-state index contributed by atoms with van der Waals surface area (Å²) < 4.78 is 55.7. The number of imidazole rings is 1. The summed E-state index contributed by atoms with van der Waals surface area (Å²) in [5.74, 6) is 0.572. The molecule has 1 aliphatic rings. The molecule has 1 aliphatic heterocycles. The first-order chi connectivity index (χ1) is 16.3. The van der Waals surface area contributed by atoms with E-state index in [0.717, 1.165) is 42.4 Å². The van der Waals surface area contributed by atoms with Gasteiger partial charge in [-0.05, 0) is 61.4 Å². The minimum atomic E-state index is -4.43. The first-order valence-corrected chi connectivity index (χ1v) is 11.2. The summed E-state index contributed by atoms with van der Waals surface area (Å²) in [5, 5.41) is 0.544. The topological polar surface area (TPSA) is 36.9 Å². The van der Waals surface area contributed by atoms with Gasteiger partial charge in [0.1, 0.15) is 11.6 Å². The van der Waals surface area contributed by atoms with E-state index in [1.54, 1.807) is 18.3 Å². The Kier molecular flexibility index (Phi) is 5.77. The summed E-state index contributed by atoms with van der Waals surface area (Å²) in [6.07, 6.45) is 4.61. The molecule has 0 saturated heterocycles. The van der Waals surface area contributed by atoms with Crippen molar-refractivity contribution >= 4 is 16.5 Å². The molecule has 8 heteroatoms. The van der Waals surface area contributed by atoms with Gasteiger partial charge in [0.2, 0.25) is 0 Å². The lowest BCUT2D eigenvalue weighted by molar-refractivity contribution is -0.137. The van der Waals surface area contributed by atoms with Crippen molar-refractivity contribution in [3.8, 4) is 5.69 Å². The summed E-state index contributed by atoms with van der Waals surface area (Å²) in [6, 6.07) is 10.0. The average Bonchev–Trinajstić information content (AvgIpc) is 3.47. The average molecular weight is 468 g/mol. The van der Waals surface area contributed by atoms with E-state index in [1.165, 1.54) is 24.3 Å². The SMILES string of the molecule is CC(Cc1ncc[nH]1)N1CC=C(c2cn(-c3ccc(F)cc3)c3ccc(C(F)(F)F)cc23)CC1. The highest BCUT2D eigenvalue weighted by Gasteiger charge is 2.31. The highest BCUT2D eigenvalue weighted by molar-refractivity contribution is 5.95. The molecule has 4 nitrogen and oxygen atoms in total. The van der Waals surface area contributed by atoms with E-state index >= 15 is 0 Å². The van der Waals surface area contributed by atoms with Crippen molar-refractivity contribution in [3.05, 3.63) is 89.9 Å². The molecule has 0 aliphatic carbocycles. The number of benzene rings is 2. The number of rotatable bonds is 5. The zero-order valence-corrected chi connectivity index (χ0v) is 18.6. The lowest BCUT2D eigenvalue weighted by atomic mass is 9.97. The second-order valence-corrected chi connectivity index (χ2v) is 8.68. The number of aromatic nitrogens is 3. The molecule has 0 radical (unpaired) electrons. The number of H-pyrrole nitrogens is 1. The van der Waals surface area contributed by atoms with Crippen molar-refractivity contribution in [2.75, 3.05) is 13.1 Å². The molecule has 0 bridgehead atoms. The lowest BCUT2D eigenvalue weighted by Gasteiger charge is -2.31. The molecule has 4 aromatic rings. The third kappa shape index (κ3) is 4.37. The van der Waals surface area contributed by atoms with Gasteiger partial charge >= 0.3 is 6.18 Å². The third-order valence-electron chi connectivity index (χ3n) is 6.49. The second kappa shape index (κ2) is 8.76. The quantitative estimate of drug-likeness (QED) is 0.353. The first kappa shape index (κ1) is 22.4. The Morgan fingerprint density at radius 3 is 2.56 bits per heavy atom.